The molecule has 0 saturated carbocycles. The zero-order chi connectivity index (χ0) is 21.0. The van der Waals surface area contributed by atoms with Gasteiger partial charge in [-0.2, -0.15) is 0 Å². The molecule has 9 nitrogen and oxygen atoms in total. The molecule has 0 aromatic heterocycles. The lowest BCUT2D eigenvalue weighted by Gasteiger charge is -2.36. The molecule has 2 fully saturated rings. The molecule has 0 unspecified atom stereocenters. The molecule has 29 heavy (non-hydrogen) atoms. The number of hydrogen-bond acceptors (Lipinski definition) is 9. The zero-order valence-corrected chi connectivity index (χ0v) is 20.7. The van der Waals surface area contributed by atoms with E-state index >= 15 is 0 Å². The van der Waals surface area contributed by atoms with Crippen molar-refractivity contribution in [2.75, 3.05) is 94.1 Å². The SMILES string of the molecule is CO[Si](CCCN1CCOCC1)(OC)O[Si](CCCN1CCOCC1)(OC)OC. The summed E-state index contributed by atoms with van der Waals surface area (Å²) in [6.45, 7) is 9.11. The summed E-state index contributed by atoms with van der Waals surface area (Å²) in [6.07, 6.45) is 1.89. The van der Waals surface area contributed by atoms with Crippen LogP contribution in [0.3, 0.4) is 0 Å². The van der Waals surface area contributed by atoms with E-state index < -0.39 is 17.6 Å². The van der Waals surface area contributed by atoms with E-state index in [2.05, 4.69) is 9.80 Å². The van der Waals surface area contributed by atoms with Crippen LogP contribution in [-0.4, -0.2) is 122 Å². The van der Waals surface area contributed by atoms with Crippen molar-refractivity contribution in [2.45, 2.75) is 24.9 Å². The standard InChI is InChI=1S/C18H40N2O7Si2/c1-21-28(22-2,17-5-7-19-9-13-25-14-10-19)27-29(23-3,24-4)18-6-8-20-11-15-26-16-12-20/h5-18H2,1-4H3. The van der Waals surface area contributed by atoms with E-state index in [4.69, 9.17) is 31.3 Å². The Morgan fingerprint density at radius 1 is 0.621 bits per heavy atom. The molecule has 2 aliphatic heterocycles. The second-order valence-electron chi connectivity index (χ2n) is 7.40. The Morgan fingerprint density at radius 3 is 1.28 bits per heavy atom. The molecule has 2 aliphatic rings. The second kappa shape index (κ2) is 13.5. The smallest absolute Gasteiger partial charge is 0.379 e. The first kappa shape index (κ1) is 25.3. The third-order valence-electron chi connectivity index (χ3n) is 5.68. The van der Waals surface area contributed by atoms with Gasteiger partial charge in [0.25, 0.3) is 0 Å². The average Bonchev–Trinajstić information content (AvgIpc) is 2.79. The summed E-state index contributed by atoms with van der Waals surface area (Å²) in [5.74, 6) is 0. The molecule has 172 valence electrons. The molecule has 11 heteroatoms. The van der Waals surface area contributed by atoms with Crippen molar-refractivity contribution in [1.82, 2.24) is 9.80 Å². The fraction of sp³-hybridized carbons (Fsp3) is 1.00. The van der Waals surface area contributed by atoms with Crippen molar-refractivity contribution in [2.24, 2.45) is 0 Å². The molecule has 2 rings (SSSR count). The van der Waals surface area contributed by atoms with E-state index in [0.29, 0.717) is 0 Å². The summed E-state index contributed by atoms with van der Waals surface area (Å²) in [4.78, 5) is 4.82. The number of rotatable bonds is 14. The van der Waals surface area contributed by atoms with Crippen molar-refractivity contribution in [1.29, 1.82) is 0 Å². The Morgan fingerprint density at radius 2 is 0.966 bits per heavy atom. The normalized spacial score (nSPS) is 20.3. The lowest BCUT2D eigenvalue weighted by molar-refractivity contribution is 0.0359. The summed E-state index contributed by atoms with van der Waals surface area (Å²) in [6, 6.07) is 1.48. The van der Waals surface area contributed by atoms with Gasteiger partial charge in [0.15, 0.2) is 0 Å². The van der Waals surface area contributed by atoms with E-state index in [9.17, 15) is 0 Å². The van der Waals surface area contributed by atoms with Crippen LogP contribution >= 0.6 is 0 Å². The molecule has 0 aromatic carbocycles. The largest absolute Gasteiger partial charge is 0.493 e. The number of hydrogen-bond donors (Lipinski definition) is 0. The van der Waals surface area contributed by atoms with Gasteiger partial charge in [0.05, 0.1) is 26.4 Å². The minimum atomic E-state index is -2.87. The highest BCUT2D eigenvalue weighted by Gasteiger charge is 2.51. The molecule has 0 aliphatic carbocycles. The molecule has 2 heterocycles. The van der Waals surface area contributed by atoms with Gasteiger partial charge in [-0.25, -0.2) is 0 Å². The molecular formula is C18H40N2O7Si2. The summed E-state index contributed by atoms with van der Waals surface area (Å²) in [5, 5.41) is 0. The van der Waals surface area contributed by atoms with Crippen molar-refractivity contribution >= 4 is 17.6 Å². The van der Waals surface area contributed by atoms with Crippen LogP contribution in [0.2, 0.25) is 12.1 Å². The maximum absolute atomic E-state index is 6.50. The monoisotopic (exact) mass is 452 g/mol. The van der Waals surface area contributed by atoms with E-state index in [-0.39, 0.29) is 0 Å². The maximum atomic E-state index is 6.50. The molecule has 0 aromatic rings. The lowest BCUT2D eigenvalue weighted by Crippen LogP contribution is -2.57. The zero-order valence-electron chi connectivity index (χ0n) is 18.7. The Bertz CT molecular complexity index is 392. The topological polar surface area (TPSA) is 71.1 Å². The third kappa shape index (κ3) is 8.26. The quantitative estimate of drug-likeness (QED) is 0.358. The Kier molecular flexibility index (Phi) is 11.8. The van der Waals surface area contributed by atoms with Crippen LogP contribution in [0, 0.1) is 0 Å². The lowest BCUT2D eigenvalue weighted by atomic mass is 10.3. The van der Waals surface area contributed by atoms with Crippen molar-refractivity contribution in [3.63, 3.8) is 0 Å². The molecular weight excluding hydrogens is 412 g/mol. The van der Waals surface area contributed by atoms with Crippen LogP contribution < -0.4 is 0 Å². The van der Waals surface area contributed by atoms with Gasteiger partial charge in [-0.3, -0.25) is 9.80 Å². The van der Waals surface area contributed by atoms with Gasteiger partial charge in [0.1, 0.15) is 0 Å². The summed E-state index contributed by atoms with van der Waals surface area (Å²) in [5.41, 5.74) is 0. The van der Waals surface area contributed by atoms with Crippen LogP contribution in [0.15, 0.2) is 0 Å². The number of morpholine rings is 2. The highest BCUT2D eigenvalue weighted by molar-refractivity contribution is 6.74. The van der Waals surface area contributed by atoms with Crippen molar-refractivity contribution in [3.8, 4) is 0 Å². The van der Waals surface area contributed by atoms with Crippen molar-refractivity contribution < 1.29 is 31.3 Å². The van der Waals surface area contributed by atoms with Crippen LogP contribution in [0.25, 0.3) is 0 Å². The Balaban J connectivity index is 1.87. The van der Waals surface area contributed by atoms with Crippen LogP contribution in [0.1, 0.15) is 12.8 Å². The fourth-order valence-corrected chi connectivity index (χ4v) is 10.1. The van der Waals surface area contributed by atoms with E-state index in [0.717, 1.165) is 90.6 Å². The Hall–Kier alpha value is 0.0738. The molecule has 0 spiro atoms. The van der Waals surface area contributed by atoms with Gasteiger partial charge in [-0.1, -0.05) is 0 Å². The molecule has 2 saturated heterocycles. The summed E-state index contributed by atoms with van der Waals surface area (Å²) < 4.78 is 40.7. The first-order chi connectivity index (χ1) is 14.1. The van der Waals surface area contributed by atoms with E-state index in [1.165, 1.54) is 0 Å². The summed E-state index contributed by atoms with van der Waals surface area (Å²) in [7, 11) is 0.928. The Labute approximate surface area is 178 Å². The maximum Gasteiger partial charge on any atom is 0.493 e. The second-order valence-corrected chi connectivity index (χ2v) is 13.6. The summed E-state index contributed by atoms with van der Waals surface area (Å²) >= 11 is 0. The van der Waals surface area contributed by atoms with E-state index in [1.54, 1.807) is 28.4 Å². The molecule has 0 amide bonds. The number of ether oxygens (including phenoxy) is 2. The van der Waals surface area contributed by atoms with Gasteiger partial charge in [0, 0.05) is 66.7 Å². The van der Waals surface area contributed by atoms with Gasteiger partial charge in [-0.05, 0) is 25.9 Å². The molecule has 0 radical (unpaired) electrons. The van der Waals surface area contributed by atoms with Gasteiger partial charge in [-0.15, -0.1) is 0 Å². The van der Waals surface area contributed by atoms with Crippen LogP contribution in [0.4, 0.5) is 0 Å². The minimum absolute atomic E-state index is 0.738. The van der Waals surface area contributed by atoms with Crippen LogP contribution in [-0.2, 0) is 31.3 Å². The van der Waals surface area contributed by atoms with Gasteiger partial charge < -0.3 is 31.3 Å². The van der Waals surface area contributed by atoms with Crippen molar-refractivity contribution in [3.05, 3.63) is 0 Å². The predicted molar refractivity (Wildman–Crippen MR) is 114 cm³/mol. The highest BCUT2D eigenvalue weighted by atomic mass is 28.5. The molecule has 0 atom stereocenters. The van der Waals surface area contributed by atoms with Gasteiger partial charge in [0.2, 0.25) is 0 Å². The first-order valence-electron chi connectivity index (χ1n) is 10.6. The van der Waals surface area contributed by atoms with E-state index in [1.807, 2.05) is 0 Å². The molecule has 0 bridgehead atoms. The highest BCUT2D eigenvalue weighted by Crippen LogP contribution is 2.26. The predicted octanol–water partition coefficient (Wildman–Crippen LogP) is 0.911. The third-order valence-corrected chi connectivity index (χ3v) is 12.6. The first-order valence-corrected chi connectivity index (χ1v) is 14.5. The van der Waals surface area contributed by atoms with Crippen LogP contribution in [0.5, 0.6) is 0 Å². The number of nitrogens with zero attached hydrogens (tertiary/aromatic N) is 2. The minimum Gasteiger partial charge on any atom is -0.379 e. The fourth-order valence-electron chi connectivity index (χ4n) is 3.77. The average molecular weight is 453 g/mol. The molecule has 0 N–H and O–H groups in total. The van der Waals surface area contributed by atoms with Gasteiger partial charge >= 0.3 is 17.6 Å².